The van der Waals surface area contributed by atoms with Crippen LogP contribution in [0.5, 0.6) is 5.75 Å². The van der Waals surface area contributed by atoms with Crippen LogP contribution in [0.4, 0.5) is 8.78 Å². The highest BCUT2D eigenvalue weighted by atomic mass is 19.3. The van der Waals surface area contributed by atoms with E-state index in [2.05, 4.69) is 16.6 Å². The Hall–Kier alpha value is -2.22. The van der Waals surface area contributed by atoms with E-state index < -0.39 is 6.61 Å². The van der Waals surface area contributed by atoms with Crippen molar-refractivity contribution >= 4 is 11.8 Å². The average Bonchev–Trinajstić information content (AvgIpc) is 2.68. The van der Waals surface area contributed by atoms with Crippen LogP contribution < -0.4 is 4.74 Å². The van der Waals surface area contributed by atoms with Gasteiger partial charge in [-0.3, -0.25) is 14.5 Å². The SMILES string of the molecule is CC1CCCCN1C(=O)CN1CCN(C(=O)c2cccc(OC(F)F)c2)CC1. The van der Waals surface area contributed by atoms with E-state index in [-0.39, 0.29) is 17.6 Å². The fraction of sp³-hybridized carbons (Fsp3) is 0.600. The van der Waals surface area contributed by atoms with E-state index in [0.29, 0.717) is 44.3 Å². The van der Waals surface area contributed by atoms with Crippen LogP contribution in [0.25, 0.3) is 0 Å². The Morgan fingerprint density at radius 2 is 1.89 bits per heavy atom. The molecular formula is C20H27F2N3O3. The first-order valence-corrected chi connectivity index (χ1v) is 9.80. The maximum atomic E-state index is 12.6. The molecule has 154 valence electrons. The molecule has 6 nitrogen and oxygen atoms in total. The fourth-order valence-corrected chi connectivity index (χ4v) is 3.85. The van der Waals surface area contributed by atoms with E-state index >= 15 is 0 Å². The Morgan fingerprint density at radius 3 is 2.57 bits per heavy atom. The van der Waals surface area contributed by atoms with E-state index in [9.17, 15) is 18.4 Å². The maximum Gasteiger partial charge on any atom is 0.387 e. The predicted octanol–water partition coefficient (Wildman–Crippen LogP) is 2.45. The third-order valence-electron chi connectivity index (χ3n) is 5.45. The molecule has 2 amide bonds. The van der Waals surface area contributed by atoms with E-state index in [1.165, 1.54) is 24.6 Å². The quantitative estimate of drug-likeness (QED) is 0.769. The normalized spacial score (nSPS) is 21.1. The highest BCUT2D eigenvalue weighted by Crippen LogP contribution is 2.19. The summed E-state index contributed by atoms with van der Waals surface area (Å²) in [4.78, 5) is 30.9. The molecule has 0 saturated carbocycles. The molecular weight excluding hydrogens is 368 g/mol. The first-order chi connectivity index (χ1) is 13.4. The van der Waals surface area contributed by atoms with Crippen LogP contribution in [0.15, 0.2) is 24.3 Å². The lowest BCUT2D eigenvalue weighted by molar-refractivity contribution is -0.136. The minimum absolute atomic E-state index is 0.0271. The zero-order chi connectivity index (χ0) is 20.1. The van der Waals surface area contributed by atoms with Gasteiger partial charge >= 0.3 is 6.61 Å². The van der Waals surface area contributed by atoms with E-state index in [0.717, 1.165) is 19.4 Å². The van der Waals surface area contributed by atoms with Gasteiger partial charge in [-0.25, -0.2) is 0 Å². The van der Waals surface area contributed by atoms with Crippen LogP contribution in [0.3, 0.4) is 0 Å². The molecule has 2 fully saturated rings. The monoisotopic (exact) mass is 395 g/mol. The lowest BCUT2D eigenvalue weighted by Crippen LogP contribution is -2.53. The van der Waals surface area contributed by atoms with Crippen molar-refractivity contribution in [2.75, 3.05) is 39.3 Å². The maximum absolute atomic E-state index is 12.6. The van der Waals surface area contributed by atoms with Crippen LogP contribution in [-0.2, 0) is 4.79 Å². The van der Waals surface area contributed by atoms with Crippen molar-refractivity contribution < 1.29 is 23.1 Å². The number of likely N-dealkylation sites (tertiary alicyclic amines) is 1. The molecule has 2 saturated heterocycles. The molecule has 0 aliphatic carbocycles. The van der Waals surface area contributed by atoms with E-state index in [1.807, 2.05) is 4.90 Å². The minimum Gasteiger partial charge on any atom is -0.435 e. The first-order valence-electron chi connectivity index (χ1n) is 9.80. The van der Waals surface area contributed by atoms with Gasteiger partial charge in [-0.2, -0.15) is 8.78 Å². The van der Waals surface area contributed by atoms with Gasteiger partial charge in [0.25, 0.3) is 5.91 Å². The number of alkyl halides is 2. The largest absolute Gasteiger partial charge is 0.435 e. The highest BCUT2D eigenvalue weighted by molar-refractivity contribution is 5.94. The summed E-state index contributed by atoms with van der Waals surface area (Å²) in [7, 11) is 0. The molecule has 0 N–H and O–H groups in total. The number of amides is 2. The second kappa shape index (κ2) is 9.32. The Labute approximate surface area is 164 Å². The smallest absolute Gasteiger partial charge is 0.387 e. The van der Waals surface area contributed by atoms with Crippen molar-refractivity contribution in [1.82, 2.24) is 14.7 Å². The number of piperazine rings is 1. The number of hydrogen-bond acceptors (Lipinski definition) is 4. The first kappa shape index (κ1) is 20.5. The number of benzene rings is 1. The molecule has 2 aliphatic rings. The van der Waals surface area contributed by atoms with Crippen molar-refractivity contribution in [3.63, 3.8) is 0 Å². The number of ether oxygens (including phenoxy) is 1. The number of nitrogens with zero attached hydrogens (tertiary/aromatic N) is 3. The van der Waals surface area contributed by atoms with Crippen LogP contribution in [0, 0.1) is 0 Å². The van der Waals surface area contributed by atoms with Crippen LogP contribution >= 0.6 is 0 Å². The van der Waals surface area contributed by atoms with Gasteiger partial charge in [0, 0.05) is 44.3 Å². The van der Waals surface area contributed by atoms with Gasteiger partial charge in [0.15, 0.2) is 0 Å². The zero-order valence-corrected chi connectivity index (χ0v) is 16.2. The molecule has 1 unspecified atom stereocenters. The summed E-state index contributed by atoms with van der Waals surface area (Å²) in [5.41, 5.74) is 0.324. The Kier molecular flexibility index (Phi) is 6.83. The summed E-state index contributed by atoms with van der Waals surface area (Å²) >= 11 is 0. The average molecular weight is 395 g/mol. The Bertz CT molecular complexity index is 693. The number of carbonyl (C=O) groups excluding carboxylic acids is 2. The van der Waals surface area contributed by atoms with Crippen LogP contribution in [-0.4, -0.2) is 78.4 Å². The number of rotatable bonds is 5. The van der Waals surface area contributed by atoms with Crippen molar-refractivity contribution in [2.24, 2.45) is 0 Å². The van der Waals surface area contributed by atoms with Gasteiger partial charge in [-0.05, 0) is 44.4 Å². The summed E-state index contributed by atoms with van der Waals surface area (Å²) in [5.74, 6) is -0.0834. The number of piperidine rings is 1. The zero-order valence-electron chi connectivity index (χ0n) is 16.2. The molecule has 0 spiro atoms. The Balaban J connectivity index is 1.51. The molecule has 1 atom stereocenters. The van der Waals surface area contributed by atoms with E-state index in [4.69, 9.17) is 0 Å². The molecule has 0 bridgehead atoms. The van der Waals surface area contributed by atoms with Crippen molar-refractivity contribution in [2.45, 2.75) is 38.8 Å². The third kappa shape index (κ3) is 5.19. The second-order valence-electron chi connectivity index (χ2n) is 7.41. The van der Waals surface area contributed by atoms with Gasteiger partial charge in [-0.1, -0.05) is 6.07 Å². The molecule has 0 radical (unpaired) electrons. The molecule has 2 aliphatic heterocycles. The number of carbonyl (C=O) groups is 2. The Morgan fingerprint density at radius 1 is 1.14 bits per heavy atom. The minimum atomic E-state index is -2.92. The molecule has 1 aromatic carbocycles. The molecule has 28 heavy (non-hydrogen) atoms. The van der Waals surface area contributed by atoms with Crippen molar-refractivity contribution in [3.05, 3.63) is 29.8 Å². The summed E-state index contributed by atoms with van der Waals surface area (Å²) in [5, 5.41) is 0. The lowest BCUT2D eigenvalue weighted by atomic mass is 10.0. The van der Waals surface area contributed by atoms with Gasteiger partial charge in [0.2, 0.25) is 5.91 Å². The van der Waals surface area contributed by atoms with Gasteiger partial charge in [0.1, 0.15) is 5.75 Å². The lowest BCUT2D eigenvalue weighted by Gasteiger charge is -2.38. The topological polar surface area (TPSA) is 53.1 Å². The van der Waals surface area contributed by atoms with Crippen LogP contribution in [0.2, 0.25) is 0 Å². The van der Waals surface area contributed by atoms with Gasteiger partial charge in [0.05, 0.1) is 6.54 Å². The van der Waals surface area contributed by atoms with Crippen molar-refractivity contribution in [3.8, 4) is 5.75 Å². The summed E-state index contributed by atoms with van der Waals surface area (Å²) in [6, 6.07) is 6.15. The predicted molar refractivity (Wildman–Crippen MR) is 100 cm³/mol. The molecule has 3 rings (SSSR count). The second-order valence-corrected chi connectivity index (χ2v) is 7.41. The molecule has 2 heterocycles. The van der Waals surface area contributed by atoms with Crippen LogP contribution in [0.1, 0.15) is 36.5 Å². The highest BCUT2D eigenvalue weighted by Gasteiger charge is 2.27. The summed E-state index contributed by atoms with van der Waals surface area (Å²) < 4.78 is 29.1. The summed E-state index contributed by atoms with van der Waals surface area (Å²) in [6.07, 6.45) is 3.30. The molecule has 1 aromatic rings. The van der Waals surface area contributed by atoms with Gasteiger partial charge in [-0.15, -0.1) is 0 Å². The fourth-order valence-electron chi connectivity index (χ4n) is 3.85. The molecule has 0 aromatic heterocycles. The third-order valence-corrected chi connectivity index (χ3v) is 5.45. The van der Waals surface area contributed by atoms with Gasteiger partial charge < -0.3 is 14.5 Å². The standard InChI is InChI=1S/C20H27F2N3O3/c1-15-5-2-3-8-25(15)18(26)14-23-9-11-24(12-10-23)19(27)16-6-4-7-17(13-16)28-20(21)22/h4,6-7,13,15,20H,2-3,5,8-12,14H2,1H3. The number of hydrogen-bond donors (Lipinski definition) is 0. The number of halogens is 2. The molecule has 8 heteroatoms. The van der Waals surface area contributed by atoms with Crippen molar-refractivity contribution in [1.29, 1.82) is 0 Å². The summed E-state index contributed by atoms with van der Waals surface area (Å²) in [6.45, 7) is 2.62. The van der Waals surface area contributed by atoms with E-state index in [1.54, 1.807) is 11.0 Å².